The lowest BCUT2D eigenvalue weighted by Crippen LogP contribution is -2.20. The Balaban J connectivity index is 1.42. The normalized spacial score (nSPS) is 28.9. The van der Waals surface area contributed by atoms with Gasteiger partial charge in [-0.05, 0) is 37.0 Å². The molecule has 5 nitrogen and oxygen atoms in total. The van der Waals surface area contributed by atoms with Gasteiger partial charge < -0.3 is 20.5 Å². The Hall–Kier alpha value is -1.91. The molecule has 2 saturated carbocycles. The molecule has 5 heteroatoms. The lowest BCUT2D eigenvalue weighted by molar-refractivity contribution is -0.117. The second-order valence-electron chi connectivity index (χ2n) is 6.48. The third-order valence-corrected chi connectivity index (χ3v) is 5.15. The first-order chi connectivity index (χ1) is 10.2. The minimum absolute atomic E-state index is 0.0538. The van der Waals surface area contributed by atoms with Gasteiger partial charge in [-0.15, -0.1) is 0 Å². The van der Waals surface area contributed by atoms with Crippen LogP contribution < -0.4 is 20.5 Å². The zero-order valence-electron chi connectivity index (χ0n) is 11.9. The van der Waals surface area contributed by atoms with Crippen molar-refractivity contribution in [3.63, 3.8) is 0 Å². The molecular weight excluding hydrogens is 268 g/mol. The standard InChI is InChI=1S/C16H20N2O3/c17-12-6-14-15(21-8-20-14)7-13(12)18-16(19)5-11-4-9-1-2-10(11)3-9/h6-7,9-11H,1-5,8,17H2,(H,18,19). The SMILES string of the molecule is Nc1cc2c(cc1NC(=O)CC1CC3CCC1C3)OCO2. The quantitative estimate of drug-likeness (QED) is 0.839. The van der Waals surface area contributed by atoms with E-state index in [0.29, 0.717) is 35.2 Å². The van der Waals surface area contributed by atoms with Crippen LogP contribution in [0.3, 0.4) is 0 Å². The van der Waals surface area contributed by atoms with Crippen molar-refractivity contribution in [1.29, 1.82) is 0 Å². The minimum atomic E-state index is 0.0538. The number of hydrogen-bond donors (Lipinski definition) is 2. The largest absolute Gasteiger partial charge is 0.454 e. The fraction of sp³-hybridized carbons (Fsp3) is 0.562. The summed E-state index contributed by atoms with van der Waals surface area (Å²) in [6.07, 6.45) is 5.81. The number of rotatable bonds is 3. The van der Waals surface area contributed by atoms with Gasteiger partial charge in [0.2, 0.25) is 12.7 Å². The number of carbonyl (C=O) groups excluding carboxylic acids is 1. The van der Waals surface area contributed by atoms with E-state index < -0.39 is 0 Å². The van der Waals surface area contributed by atoms with Crippen molar-refractivity contribution in [3.05, 3.63) is 12.1 Å². The maximum absolute atomic E-state index is 12.3. The van der Waals surface area contributed by atoms with Crippen LogP contribution in [0.5, 0.6) is 11.5 Å². The predicted octanol–water partition coefficient (Wildman–Crippen LogP) is 2.76. The van der Waals surface area contributed by atoms with E-state index in [-0.39, 0.29) is 12.7 Å². The maximum Gasteiger partial charge on any atom is 0.231 e. The highest BCUT2D eigenvalue weighted by molar-refractivity contribution is 5.94. The molecule has 1 aromatic rings. The van der Waals surface area contributed by atoms with Crippen molar-refractivity contribution in [2.75, 3.05) is 17.8 Å². The maximum atomic E-state index is 12.3. The lowest BCUT2D eigenvalue weighted by Gasteiger charge is -2.21. The van der Waals surface area contributed by atoms with E-state index in [0.717, 1.165) is 11.8 Å². The number of nitrogens with one attached hydrogen (secondary N) is 1. The number of carbonyl (C=O) groups is 1. The molecule has 112 valence electrons. The van der Waals surface area contributed by atoms with Crippen LogP contribution in [0.4, 0.5) is 11.4 Å². The zero-order valence-corrected chi connectivity index (χ0v) is 11.9. The summed E-state index contributed by atoms with van der Waals surface area (Å²) in [6, 6.07) is 3.45. The summed E-state index contributed by atoms with van der Waals surface area (Å²) in [5, 5.41) is 2.93. The second-order valence-corrected chi connectivity index (χ2v) is 6.48. The van der Waals surface area contributed by atoms with Gasteiger partial charge in [-0.3, -0.25) is 4.79 Å². The molecule has 3 unspecified atom stereocenters. The smallest absolute Gasteiger partial charge is 0.231 e. The summed E-state index contributed by atoms with van der Waals surface area (Å²) >= 11 is 0. The average molecular weight is 288 g/mol. The molecule has 3 N–H and O–H groups in total. The van der Waals surface area contributed by atoms with Crippen molar-refractivity contribution in [2.24, 2.45) is 17.8 Å². The number of ether oxygens (including phenoxy) is 2. The first-order valence-corrected chi connectivity index (χ1v) is 7.68. The Morgan fingerprint density at radius 2 is 2.05 bits per heavy atom. The van der Waals surface area contributed by atoms with Crippen molar-refractivity contribution >= 4 is 17.3 Å². The number of fused-ring (bicyclic) bond motifs is 3. The number of amides is 1. The Bertz CT molecular complexity index is 587. The van der Waals surface area contributed by atoms with Crippen LogP contribution in [-0.2, 0) is 4.79 Å². The zero-order chi connectivity index (χ0) is 14.4. The lowest BCUT2D eigenvalue weighted by atomic mass is 9.86. The van der Waals surface area contributed by atoms with Crippen LogP contribution in [0.2, 0.25) is 0 Å². The Morgan fingerprint density at radius 1 is 1.24 bits per heavy atom. The minimum Gasteiger partial charge on any atom is -0.454 e. The van der Waals surface area contributed by atoms with Crippen molar-refractivity contribution < 1.29 is 14.3 Å². The Labute approximate surface area is 123 Å². The van der Waals surface area contributed by atoms with E-state index in [2.05, 4.69) is 5.32 Å². The van der Waals surface area contributed by atoms with Gasteiger partial charge in [-0.2, -0.15) is 0 Å². The van der Waals surface area contributed by atoms with Gasteiger partial charge in [-0.1, -0.05) is 6.42 Å². The van der Waals surface area contributed by atoms with Gasteiger partial charge in [0.25, 0.3) is 0 Å². The number of anilines is 2. The molecule has 2 fully saturated rings. The molecule has 3 aliphatic rings. The first-order valence-electron chi connectivity index (χ1n) is 7.68. The fourth-order valence-corrected chi connectivity index (χ4v) is 4.13. The van der Waals surface area contributed by atoms with Crippen LogP contribution in [0.15, 0.2) is 12.1 Å². The van der Waals surface area contributed by atoms with E-state index in [1.807, 2.05) is 0 Å². The average Bonchev–Trinajstić information content (AvgIpc) is 3.14. The Kier molecular flexibility index (Phi) is 2.94. The fourth-order valence-electron chi connectivity index (χ4n) is 4.13. The number of hydrogen-bond acceptors (Lipinski definition) is 4. The Morgan fingerprint density at radius 3 is 2.76 bits per heavy atom. The second kappa shape index (κ2) is 4.83. The van der Waals surface area contributed by atoms with Gasteiger partial charge in [-0.25, -0.2) is 0 Å². The summed E-state index contributed by atoms with van der Waals surface area (Å²) in [5.74, 6) is 3.51. The van der Waals surface area contributed by atoms with E-state index in [4.69, 9.17) is 15.2 Å². The van der Waals surface area contributed by atoms with Crippen LogP contribution in [0, 0.1) is 17.8 Å². The number of nitrogen functional groups attached to an aromatic ring is 1. The monoisotopic (exact) mass is 288 g/mol. The summed E-state index contributed by atoms with van der Waals surface area (Å²) < 4.78 is 10.6. The molecule has 21 heavy (non-hydrogen) atoms. The highest BCUT2D eigenvalue weighted by atomic mass is 16.7. The number of benzene rings is 1. The summed E-state index contributed by atoms with van der Waals surface area (Å²) in [5.41, 5.74) is 7.09. The van der Waals surface area contributed by atoms with Gasteiger partial charge in [0.1, 0.15) is 0 Å². The molecule has 1 heterocycles. The molecule has 1 amide bonds. The predicted molar refractivity (Wildman–Crippen MR) is 79.2 cm³/mol. The van der Waals surface area contributed by atoms with E-state index in [9.17, 15) is 4.79 Å². The summed E-state index contributed by atoms with van der Waals surface area (Å²) in [7, 11) is 0. The first kappa shape index (κ1) is 12.8. The molecule has 4 rings (SSSR count). The molecule has 0 radical (unpaired) electrons. The van der Waals surface area contributed by atoms with Gasteiger partial charge in [0.05, 0.1) is 11.4 Å². The molecule has 2 aliphatic carbocycles. The molecule has 1 aliphatic heterocycles. The van der Waals surface area contributed by atoms with Crippen LogP contribution in [-0.4, -0.2) is 12.7 Å². The highest BCUT2D eigenvalue weighted by Crippen LogP contribution is 2.49. The molecular formula is C16H20N2O3. The third-order valence-electron chi connectivity index (χ3n) is 5.15. The summed E-state index contributed by atoms with van der Waals surface area (Å²) in [4.78, 5) is 12.3. The molecule has 2 bridgehead atoms. The van der Waals surface area contributed by atoms with Gasteiger partial charge >= 0.3 is 0 Å². The van der Waals surface area contributed by atoms with Crippen LogP contribution in [0.1, 0.15) is 32.1 Å². The summed E-state index contributed by atoms with van der Waals surface area (Å²) in [6.45, 7) is 0.206. The van der Waals surface area contributed by atoms with E-state index >= 15 is 0 Å². The molecule has 0 saturated heterocycles. The van der Waals surface area contributed by atoms with Crippen molar-refractivity contribution in [3.8, 4) is 11.5 Å². The van der Waals surface area contributed by atoms with Crippen molar-refractivity contribution in [1.82, 2.24) is 0 Å². The van der Waals surface area contributed by atoms with Crippen LogP contribution >= 0.6 is 0 Å². The topological polar surface area (TPSA) is 73.6 Å². The molecule has 3 atom stereocenters. The van der Waals surface area contributed by atoms with E-state index in [1.54, 1.807) is 12.1 Å². The van der Waals surface area contributed by atoms with Crippen LogP contribution in [0.25, 0.3) is 0 Å². The highest BCUT2D eigenvalue weighted by Gasteiger charge is 2.40. The third kappa shape index (κ3) is 2.30. The van der Waals surface area contributed by atoms with Gasteiger partial charge in [0, 0.05) is 18.6 Å². The number of nitrogens with two attached hydrogens (primary N) is 1. The molecule has 0 spiro atoms. The van der Waals surface area contributed by atoms with Crippen molar-refractivity contribution in [2.45, 2.75) is 32.1 Å². The molecule has 0 aromatic heterocycles. The van der Waals surface area contributed by atoms with E-state index in [1.165, 1.54) is 25.7 Å². The van der Waals surface area contributed by atoms with Gasteiger partial charge in [0.15, 0.2) is 11.5 Å². The molecule has 1 aromatic carbocycles.